The lowest BCUT2D eigenvalue weighted by Gasteiger charge is -2.08. The quantitative estimate of drug-likeness (QED) is 0.369. The van der Waals surface area contributed by atoms with Crippen LogP contribution in [0, 0.1) is 18.6 Å². The molecule has 0 atom stereocenters. The summed E-state index contributed by atoms with van der Waals surface area (Å²) in [5, 5.41) is 4.40. The SMILES string of the molecule is Cc1ccccc1-n1ncc2cc(F)c(F)cc2c1=O.O=S(=O)(O)C(F)(F)F. The van der Waals surface area contributed by atoms with Gasteiger partial charge in [-0.15, -0.1) is 0 Å². The first-order valence-electron chi connectivity index (χ1n) is 7.30. The molecule has 150 valence electrons. The smallest absolute Gasteiger partial charge is 0.279 e. The fourth-order valence-corrected chi connectivity index (χ4v) is 2.11. The summed E-state index contributed by atoms with van der Waals surface area (Å²) in [5.74, 6) is -2.04. The number of halogens is 5. The summed E-state index contributed by atoms with van der Waals surface area (Å²) < 4.78 is 85.2. The van der Waals surface area contributed by atoms with Crippen LogP contribution in [0.2, 0.25) is 0 Å². The predicted molar refractivity (Wildman–Crippen MR) is 89.6 cm³/mol. The zero-order chi connectivity index (χ0) is 21.3. The summed E-state index contributed by atoms with van der Waals surface area (Å²) >= 11 is 0. The predicted octanol–water partition coefficient (Wildman–Crippen LogP) is 3.37. The third-order valence-electron chi connectivity index (χ3n) is 3.46. The van der Waals surface area contributed by atoms with E-state index in [1.54, 1.807) is 12.1 Å². The van der Waals surface area contributed by atoms with Gasteiger partial charge in [-0.25, -0.2) is 8.78 Å². The number of nitrogens with zero attached hydrogens (tertiary/aromatic N) is 2. The van der Waals surface area contributed by atoms with Crippen molar-refractivity contribution >= 4 is 20.9 Å². The average Bonchev–Trinajstić information content (AvgIpc) is 2.57. The molecule has 6 nitrogen and oxygen atoms in total. The van der Waals surface area contributed by atoms with Gasteiger partial charge < -0.3 is 0 Å². The molecule has 0 amide bonds. The Kier molecular flexibility index (Phi) is 5.85. The number of alkyl halides is 3. The van der Waals surface area contributed by atoms with Crippen LogP contribution in [0.1, 0.15) is 5.56 Å². The number of aryl methyl sites for hydroxylation is 1. The van der Waals surface area contributed by atoms with Crippen molar-refractivity contribution in [3.8, 4) is 5.69 Å². The van der Waals surface area contributed by atoms with Crippen LogP contribution in [0.3, 0.4) is 0 Å². The molecule has 1 N–H and O–H groups in total. The Bertz CT molecular complexity index is 1190. The lowest BCUT2D eigenvalue weighted by molar-refractivity contribution is -0.0510. The Hall–Kier alpha value is -2.86. The summed E-state index contributed by atoms with van der Waals surface area (Å²) in [6.07, 6.45) is 1.35. The van der Waals surface area contributed by atoms with Crippen LogP contribution in [0.4, 0.5) is 22.0 Å². The van der Waals surface area contributed by atoms with E-state index in [0.29, 0.717) is 5.69 Å². The third-order valence-corrected chi connectivity index (χ3v) is 4.05. The molecule has 0 bridgehead atoms. The normalized spacial score (nSPS) is 11.8. The van der Waals surface area contributed by atoms with Crippen molar-refractivity contribution in [1.82, 2.24) is 9.78 Å². The highest BCUT2D eigenvalue weighted by atomic mass is 32.2. The monoisotopic (exact) mass is 422 g/mol. The molecule has 12 heteroatoms. The van der Waals surface area contributed by atoms with E-state index in [-0.39, 0.29) is 10.8 Å². The third kappa shape index (κ3) is 4.51. The molecule has 0 aliphatic rings. The molecule has 0 fully saturated rings. The van der Waals surface area contributed by atoms with Gasteiger partial charge >= 0.3 is 15.6 Å². The molecule has 1 aromatic heterocycles. The second kappa shape index (κ2) is 7.64. The van der Waals surface area contributed by atoms with Gasteiger partial charge in [-0.05, 0) is 30.7 Å². The van der Waals surface area contributed by atoms with Crippen molar-refractivity contribution in [3.05, 3.63) is 70.1 Å². The number of fused-ring (bicyclic) bond motifs is 1. The molecule has 0 saturated heterocycles. The van der Waals surface area contributed by atoms with E-state index in [4.69, 9.17) is 13.0 Å². The minimum absolute atomic E-state index is 0.0992. The molecular formula is C16H11F5N2O4S. The number of aromatic nitrogens is 2. The van der Waals surface area contributed by atoms with E-state index in [2.05, 4.69) is 5.10 Å². The first-order chi connectivity index (χ1) is 12.8. The molecule has 28 heavy (non-hydrogen) atoms. The number of rotatable bonds is 1. The van der Waals surface area contributed by atoms with E-state index in [9.17, 15) is 26.7 Å². The molecule has 0 unspecified atom stereocenters. The van der Waals surface area contributed by atoms with Crippen molar-refractivity contribution in [2.75, 3.05) is 0 Å². The largest absolute Gasteiger partial charge is 0.522 e. The van der Waals surface area contributed by atoms with Crippen LogP contribution in [-0.2, 0) is 10.1 Å². The van der Waals surface area contributed by atoms with Crippen LogP contribution in [0.15, 0.2) is 47.4 Å². The van der Waals surface area contributed by atoms with E-state index in [0.717, 1.165) is 17.7 Å². The lowest BCUT2D eigenvalue weighted by atomic mass is 10.1. The minimum atomic E-state index is -5.84. The summed E-state index contributed by atoms with van der Waals surface area (Å²) in [7, 11) is -5.84. The van der Waals surface area contributed by atoms with Gasteiger partial charge in [0.1, 0.15) is 0 Å². The van der Waals surface area contributed by atoms with Gasteiger partial charge in [0.2, 0.25) is 0 Å². The Balaban J connectivity index is 0.000000300. The number of para-hydroxylation sites is 1. The van der Waals surface area contributed by atoms with Crippen LogP contribution in [0.5, 0.6) is 0 Å². The average molecular weight is 422 g/mol. The van der Waals surface area contributed by atoms with Gasteiger partial charge in [0.15, 0.2) is 11.6 Å². The molecule has 2 aromatic carbocycles. The minimum Gasteiger partial charge on any atom is -0.279 e. The highest BCUT2D eigenvalue weighted by molar-refractivity contribution is 7.86. The highest BCUT2D eigenvalue weighted by Crippen LogP contribution is 2.20. The summed E-state index contributed by atoms with van der Waals surface area (Å²) in [6.45, 7) is 1.85. The van der Waals surface area contributed by atoms with Crippen LogP contribution < -0.4 is 5.56 Å². The Morgan fingerprint density at radius 3 is 2.14 bits per heavy atom. The van der Waals surface area contributed by atoms with Crippen LogP contribution in [0.25, 0.3) is 16.5 Å². The highest BCUT2D eigenvalue weighted by Gasteiger charge is 2.44. The van der Waals surface area contributed by atoms with Crippen molar-refractivity contribution in [2.24, 2.45) is 0 Å². The maximum atomic E-state index is 13.3. The molecule has 0 saturated carbocycles. The molecule has 0 aliphatic carbocycles. The summed E-state index contributed by atoms with van der Waals surface area (Å²) in [4.78, 5) is 12.4. The van der Waals surface area contributed by atoms with Gasteiger partial charge in [-0.3, -0.25) is 9.35 Å². The maximum Gasteiger partial charge on any atom is 0.522 e. The van der Waals surface area contributed by atoms with Crippen molar-refractivity contribution in [2.45, 2.75) is 12.4 Å². The summed E-state index contributed by atoms with van der Waals surface area (Å²) in [5.41, 5.74) is -4.53. The summed E-state index contributed by atoms with van der Waals surface area (Å²) in [6, 6.07) is 9.10. The van der Waals surface area contributed by atoms with Crippen molar-refractivity contribution in [1.29, 1.82) is 0 Å². The number of benzene rings is 2. The van der Waals surface area contributed by atoms with E-state index < -0.39 is 32.8 Å². The molecular weight excluding hydrogens is 411 g/mol. The zero-order valence-corrected chi connectivity index (χ0v) is 14.7. The molecule has 0 radical (unpaired) electrons. The topological polar surface area (TPSA) is 89.3 Å². The van der Waals surface area contributed by atoms with Gasteiger partial charge in [-0.1, -0.05) is 18.2 Å². The first-order valence-corrected chi connectivity index (χ1v) is 8.74. The molecule has 3 aromatic rings. The lowest BCUT2D eigenvalue weighted by Crippen LogP contribution is -2.21. The maximum absolute atomic E-state index is 13.3. The molecule has 3 rings (SSSR count). The fourth-order valence-electron chi connectivity index (χ4n) is 2.11. The second-order valence-electron chi connectivity index (χ2n) is 5.42. The molecule has 0 aliphatic heterocycles. The van der Waals surface area contributed by atoms with E-state index in [1.807, 2.05) is 19.1 Å². The van der Waals surface area contributed by atoms with Gasteiger partial charge in [0.05, 0.1) is 17.3 Å². The van der Waals surface area contributed by atoms with Gasteiger partial charge in [0.25, 0.3) is 5.56 Å². The van der Waals surface area contributed by atoms with Crippen LogP contribution in [-0.4, -0.2) is 28.3 Å². The van der Waals surface area contributed by atoms with E-state index >= 15 is 0 Å². The zero-order valence-electron chi connectivity index (χ0n) is 13.9. The van der Waals surface area contributed by atoms with Gasteiger partial charge in [0, 0.05) is 5.39 Å². The first kappa shape index (κ1) is 21.4. The standard InChI is InChI=1S/C15H10F2N2O.CHF3O3S/c1-9-4-2-3-5-14(9)19-15(20)11-7-13(17)12(16)6-10(11)8-18-19;2-1(3,4)8(5,6)7/h2-8H,1H3;(H,5,6,7). The van der Waals surface area contributed by atoms with Gasteiger partial charge in [-0.2, -0.15) is 31.4 Å². The number of hydrogen-bond donors (Lipinski definition) is 1. The number of hydrogen-bond acceptors (Lipinski definition) is 4. The van der Waals surface area contributed by atoms with E-state index in [1.165, 1.54) is 10.9 Å². The van der Waals surface area contributed by atoms with Crippen molar-refractivity contribution in [3.63, 3.8) is 0 Å². The molecule has 0 spiro atoms. The Labute approximate surface area is 154 Å². The Morgan fingerprint density at radius 2 is 1.61 bits per heavy atom. The Morgan fingerprint density at radius 1 is 1.07 bits per heavy atom. The second-order valence-corrected chi connectivity index (χ2v) is 6.84. The van der Waals surface area contributed by atoms with Crippen LogP contribution >= 0.6 is 0 Å². The van der Waals surface area contributed by atoms with Crippen molar-refractivity contribution < 1.29 is 34.9 Å². The fraction of sp³-hybridized carbons (Fsp3) is 0.125. The molecule has 1 heterocycles.